The quantitative estimate of drug-likeness (QED) is 0.0211. The van der Waals surface area contributed by atoms with E-state index in [4.69, 9.17) is 18.5 Å². The normalized spacial score (nSPS) is 13.9. The van der Waals surface area contributed by atoms with Crippen LogP contribution in [0.2, 0.25) is 0 Å². The molecule has 0 amide bonds. The summed E-state index contributed by atoms with van der Waals surface area (Å²) in [4.78, 5) is 35.5. The van der Waals surface area contributed by atoms with Gasteiger partial charge in [0, 0.05) is 12.8 Å². The lowest BCUT2D eigenvalue weighted by atomic mass is 10.0. The minimum atomic E-state index is -4.38. The van der Waals surface area contributed by atoms with Crippen molar-refractivity contribution in [2.24, 2.45) is 0 Å². The molecule has 0 spiro atoms. The zero-order valence-corrected chi connectivity index (χ0v) is 42.9. The number of carbonyl (C=O) groups is 2. The number of unbranched alkanes of at least 4 members (excludes halogenated alkanes) is 23. The van der Waals surface area contributed by atoms with Gasteiger partial charge in [0.05, 0.1) is 27.7 Å². The van der Waals surface area contributed by atoms with Gasteiger partial charge in [-0.1, -0.05) is 190 Å². The van der Waals surface area contributed by atoms with Gasteiger partial charge in [-0.25, -0.2) is 4.57 Å². The van der Waals surface area contributed by atoms with Crippen LogP contribution in [0.5, 0.6) is 0 Å². The van der Waals surface area contributed by atoms with Crippen LogP contribution < -0.4 is 0 Å². The monoisotopic (exact) mass is 921 g/mol. The van der Waals surface area contributed by atoms with Gasteiger partial charge in [-0.2, -0.15) is 0 Å². The van der Waals surface area contributed by atoms with Crippen molar-refractivity contribution >= 4 is 19.8 Å². The van der Waals surface area contributed by atoms with Gasteiger partial charge in [0.1, 0.15) is 19.8 Å². The van der Waals surface area contributed by atoms with Gasteiger partial charge in [0.2, 0.25) is 0 Å². The Labute approximate surface area is 394 Å². The Morgan fingerprint density at radius 3 is 1.31 bits per heavy atom. The van der Waals surface area contributed by atoms with E-state index in [1.165, 1.54) is 103 Å². The summed E-state index contributed by atoms with van der Waals surface area (Å²) >= 11 is 0. The van der Waals surface area contributed by atoms with Gasteiger partial charge < -0.3 is 18.9 Å². The summed E-state index contributed by atoms with van der Waals surface area (Å²) in [5, 5.41) is 0. The maximum Gasteiger partial charge on any atom is 0.472 e. The summed E-state index contributed by atoms with van der Waals surface area (Å²) in [6, 6.07) is 0. The number of hydrogen-bond acceptors (Lipinski definition) is 7. The SMILES string of the molecule is CCC/C=C\C/C=C\CCCCCCCC(=O)OCC(COP(=O)(O)OCC[N+](C)(C)C)OC(=O)CCCCCCCCCCCCCC/C=C\C/C=C\C/C=C\CCCCCCC. The van der Waals surface area contributed by atoms with Gasteiger partial charge in [-0.05, 0) is 77.0 Å². The maximum absolute atomic E-state index is 12.8. The predicted octanol–water partition coefficient (Wildman–Crippen LogP) is 15.6. The average Bonchev–Trinajstić information content (AvgIpc) is 3.25. The van der Waals surface area contributed by atoms with Gasteiger partial charge in [0.15, 0.2) is 6.10 Å². The molecule has 0 rings (SSSR count). The molecule has 0 aromatic heterocycles. The van der Waals surface area contributed by atoms with Crippen LogP contribution in [0.3, 0.4) is 0 Å². The van der Waals surface area contributed by atoms with E-state index < -0.39 is 26.5 Å². The average molecular weight is 921 g/mol. The Bertz CT molecular complexity index is 1270. The Morgan fingerprint density at radius 1 is 0.484 bits per heavy atom. The van der Waals surface area contributed by atoms with E-state index in [2.05, 4.69) is 74.6 Å². The lowest BCUT2D eigenvalue weighted by Crippen LogP contribution is -2.37. The van der Waals surface area contributed by atoms with Crippen LogP contribution in [0.1, 0.15) is 219 Å². The Balaban J connectivity index is 4.18. The molecule has 0 saturated carbocycles. The van der Waals surface area contributed by atoms with Crippen LogP contribution >= 0.6 is 7.82 Å². The summed E-state index contributed by atoms with van der Waals surface area (Å²) in [6.07, 6.45) is 57.1. The molecule has 0 aliphatic rings. The Hall–Kier alpha value is -2.29. The van der Waals surface area contributed by atoms with Crippen LogP contribution in [-0.4, -0.2) is 74.9 Å². The standard InChI is InChI=1S/C54H98NO8P/c1-6-8-10-12-14-16-18-20-21-22-23-24-25-26-27-28-29-30-31-32-33-35-37-39-41-43-45-47-54(57)63-52(51-62-64(58,59)61-49-48-55(3,4)5)50-60-53(56)46-44-42-40-38-36-34-19-17-15-13-11-9-7-2/h11,13,17-20,22-23,25-26,52H,6-10,12,14-16,21,24,27-51H2,1-5H3/p+1/b13-11-,19-17-,20-18-,23-22-,26-25-. The number of allylic oxidation sites excluding steroid dienone is 10. The van der Waals surface area contributed by atoms with E-state index in [1.54, 1.807) is 0 Å². The third-order valence-electron chi connectivity index (χ3n) is 11.0. The molecule has 0 aromatic carbocycles. The fraction of sp³-hybridized carbons (Fsp3) is 0.778. The smallest absolute Gasteiger partial charge is 0.462 e. The van der Waals surface area contributed by atoms with Crippen LogP contribution in [-0.2, 0) is 32.7 Å². The molecule has 10 heteroatoms. The van der Waals surface area contributed by atoms with Crippen molar-refractivity contribution in [3.05, 3.63) is 60.8 Å². The number of carbonyl (C=O) groups excluding carboxylic acids is 2. The first-order chi connectivity index (χ1) is 31.0. The topological polar surface area (TPSA) is 108 Å². The highest BCUT2D eigenvalue weighted by Gasteiger charge is 2.27. The summed E-state index contributed by atoms with van der Waals surface area (Å²) in [5.41, 5.74) is 0. The first-order valence-corrected chi connectivity index (χ1v) is 27.5. The first-order valence-electron chi connectivity index (χ1n) is 26.0. The van der Waals surface area contributed by atoms with Crippen molar-refractivity contribution in [2.75, 3.05) is 47.5 Å². The summed E-state index contributed by atoms with van der Waals surface area (Å²) in [7, 11) is 1.46. The summed E-state index contributed by atoms with van der Waals surface area (Å²) in [5.74, 6) is -0.816. The van der Waals surface area contributed by atoms with Crippen molar-refractivity contribution in [1.29, 1.82) is 0 Å². The molecule has 1 N–H and O–H groups in total. The predicted molar refractivity (Wildman–Crippen MR) is 270 cm³/mol. The van der Waals surface area contributed by atoms with Gasteiger partial charge in [0.25, 0.3) is 0 Å². The van der Waals surface area contributed by atoms with E-state index in [1.807, 2.05) is 21.1 Å². The Kier molecular flexibility index (Phi) is 44.2. The van der Waals surface area contributed by atoms with E-state index in [9.17, 15) is 19.0 Å². The first kappa shape index (κ1) is 61.7. The molecule has 2 unspecified atom stereocenters. The number of nitrogens with zero attached hydrogens (tertiary/aromatic N) is 1. The van der Waals surface area contributed by atoms with Crippen molar-refractivity contribution in [2.45, 2.75) is 225 Å². The van der Waals surface area contributed by atoms with Gasteiger partial charge >= 0.3 is 19.8 Å². The molecule has 64 heavy (non-hydrogen) atoms. The zero-order valence-electron chi connectivity index (χ0n) is 42.0. The molecule has 9 nitrogen and oxygen atoms in total. The second-order valence-corrected chi connectivity index (χ2v) is 20.0. The molecule has 372 valence electrons. The molecule has 0 aliphatic carbocycles. The number of quaternary nitrogens is 1. The number of rotatable bonds is 47. The van der Waals surface area contributed by atoms with Crippen molar-refractivity contribution in [3.63, 3.8) is 0 Å². The fourth-order valence-electron chi connectivity index (χ4n) is 6.94. The molecule has 0 aliphatic heterocycles. The molecule has 0 aromatic rings. The number of hydrogen-bond donors (Lipinski definition) is 1. The third-order valence-corrected chi connectivity index (χ3v) is 12.0. The number of likely N-dealkylation sites (N-methyl/N-ethyl adjacent to an activating group) is 1. The number of ether oxygens (including phenoxy) is 2. The van der Waals surface area contributed by atoms with Crippen LogP contribution in [0, 0.1) is 0 Å². The highest BCUT2D eigenvalue weighted by atomic mass is 31.2. The second kappa shape index (κ2) is 45.8. The highest BCUT2D eigenvalue weighted by molar-refractivity contribution is 7.47. The minimum Gasteiger partial charge on any atom is -0.462 e. The number of phosphoric ester groups is 1. The Morgan fingerprint density at radius 2 is 0.875 bits per heavy atom. The number of esters is 2. The molecule has 0 bridgehead atoms. The molecule has 0 fully saturated rings. The van der Waals surface area contributed by atoms with Crippen LogP contribution in [0.4, 0.5) is 0 Å². The fourth-order valence-corrected chi connectivity index (χ4v) is 7.68. The minimum absolute atomic E-state index is 0.0271. The van der Waals surface area contributed by atoms with Crippen LogP contribution in [0.25, 0.3) is 0 Å². The zero-order chi connectivity index (χ0) is 47.1. The van der Waals surface area contributed by atoms with Crippen molar-refractivity contribution in [1.82, 2.24) is 0 Å². The lowest BCUT2D eigenvalue weighted by Gasteiger charge is -2.24. The van der Waals surface area contributed by atoms with Gasteiger partial charge in [-0.15, -0.1) is 0 Å². The molecule has 0 radical (unpaired) electrons. The van der Waals surface area contributed by atoms with E-state index in [0.29, 0.717) is 17.4 Å². The van der Waals surface area contributed by atoms with E-state index >= 15 is 0 Å². The van der Waals surface area contributed by atoms with E-state index in [-0.39, 0.29) is 32.0 Å². The summed E-state index contributed by atoms with van der Waals surface area (Å²) in [6.45, 7) is 4.34. The second-order valence-electron chi connectivity index (χ2n) is 18.5. The van der Waals surface area contributed by atoms with Crippen molar-refractivity contribution in [3.8, 4) is 0 Å². The number of phosphoric acid groups is 1. The van der Waals surface area contributed by atoms with Gasteiger partial charge in [-0.3, -0.25) is 18.6 Å². The molecule has 0 saturated heterocycles. The van der Waals surface area contributed by atoms with Crippen molar-refractivity contribution < 1.29 is 42.1 Å². The molecule has 2 atom stereocenters. The summed E-state index contributed by atoms with van der Waals surface area (Å²) < 4.78 is 34.4. The van der Waals surface area contributed by atoms with Crippen LogP contribution in [0.15, 0.2) is 60.8 Å². The highest BCUT2D eigenvalue weighted by Crippen LogP contribution is 2.43. The lowest BCUT2D eigenvalue weighted by molar-refractivity contribution is -0.870. The molecular formula is C54H99NO8P+. The van der Waals surface area contributed by atoms with E-state index in [0.717, 1.165) is 83.5 Å². The molecule has 0 heterocycles. The molecular weight excluding hydrogens is 822 g/mol. The largest absolute Gasteiger partial charge is 0.472 e. The maximum atomic E-state index is 12.8. The third kappa shape index (κ3) is 49.2.